The van der Waals surface area contributed by atoms with Crippen LogP contribution in [0.2, 0.25) is 0 Å². The van der Waals surface area contributed by atoms with E-state index in [1.165, 1.54) is 16.8 Å². The monoisotopic (exact) mass is 397 g/mol. The van der Waals surface area contributed by atoms with Crippen LogP contribution >= 0.6 is 0 Å². The molecular formula is C22H31N5O2. The molecule has 1 aromatic carbocycles. The smallest absolute Gasteiger partial charge is 0.318 e. The van der Waals surface area contributed by atoms with Crippen molar-refractivity contribution in [2.75, 3.05) is 38.2 Å². The zero-order chi connectivity index (χ0) is 21.1. The maximum Gasteiger partial charge on any atom is 0.318 e. The summed E-state index contributed by atoms with van der Waals surface area (Å²) in [6, 6.07) is 6.21. The Labute approximate surface area is 173 Å². The van der Waals surface area contributed by atoms with E-state index in [9.17, 15) is 4.79 Å². The van der Waals surface area contributed by atoms with Gasteiger partial charge < -0.3 is 19.9 Å². The number of carbonyl (C=O) groups is 1. The predicted molar refractivity (Wildman–Crippen MR) is 115 cm³/mol. The zero-order valence-electron chi connectivity index (χ0n) is 18.2. The van der Waals surface area contributed by atoms with Crippen LogP contribution in [0.5, 0.6) is 5.88 Å². The average Bonchev–Trinajstić information content (AvgIpc) is 2.69. The number of rotatable bonds is 4. The van der Waals surface area contributed by atoms with Crippen molar-refractivity contribution in [3.63, 3.8) is 0 Å². The Morgan fingerprint density at radius 3 is 2.17 bits per heavy atom. The molecule has 29 heavy (non-hydrogen) atoms. The van der Waals surface area contributed by atoms with Gasteiger partial charge in [0.1, 0.15) is 5.69 Å². The molecule has 7 heteroatoms. The molecule has 7 nitrogen and oxygen atoms in total. The number of benzene rings is 1. The van der Waals surface area contributed by atoms with Gasteiger partial charge in [-0.15, -0.1) is 0 Å². The number of methoxy groups -OCH3 is 1. The minimum atomic E-state index is -0.290. The maximum atomic E-state index is 12.8. The molecule has 0 aliphatic carbocycles. The average molecular weight is 398 g/mol. The highest BCUT2D eigenvalue weighted by Gasteiger charge is 2.25. The lowest BCUT2D eigenvalue weighted by atomic mass is 10.1. The van der Waals surface area contributed by atoms with Gasteiger partial charge in [-0.2, -0.15) is 0 Å². The van der Waals surface area contributed by atoms with Gasteiger partial charge in [-0.1, -0.05) is 6.07 Å². The maximum absolute atomic E-state index is 12.8. The number of ether oxygens (including phenoxy) is 1. The van der Waals surface area contributed by atoms with Crippen molar-refractivity contribution in [1.29, 1.82) is 0 Å². The number of urea groups is 1. The van der Waals surface area contributed by atoms with E-state index in [-0.39, 0.29) is 12.1 Å². The molecular weight excluding hydrogens is 366 g/mol. The fourth-order valence-corrected chi connectivity index (χ4v) is 3.68. The minimum absolute atomic E-state index is 0.0837. The van der Waals surface area contributed by atoms with Crippen LogP contribution in [-0.2, 0) is 0 Å². The first-order valence-electron chi connectivity index (χ1n) is 10.1. The van der Waals surface area contributed by atoms with E-state index in [4.69, 9.17) is 4.74 Å². The summed E-state index contributed by atoms with van der Waals surface area (Å²) in [5.41, 5.74) is 6.06. The molecule has 1 atom stereocenters. The van der Waals surface area contributed by atoms with Crippen molar-refractivity contribution in [3.8, 4) is 5.88 Å². The van der Waals surface area contributed by atoms with Crippen molar-refractivity contribution < 1.29 is 9.53 Å². The van der Waals surface area contributed by atoms with Gasteiger partial charge in [0.25, 0.3) is 0 Å². The highest BCUT2D eigenvalue weighted by molar-refractivity contribution is 5.75. The molecule has 0 spiro atoms. The van der Waals surface area contributed by atoms with E-state index >= 15 is 0 Å². The number of carbonyl (C=O) groups excluding carboxylic acids is 1. The second-order valence-electron chi connectivity index (χ2n) is 7.78. The highest BCUT2D eigenvalue weighted by atomic mass is 16.5. The van der Waals surface area contributed by atoms with Crippen LogP contribution in [0.1, 0.15) is 41.2 Å². The third kappa shape index (κ3) is 4.78. The standard InChI is InChI=1S/C22H31N5O2/c1-14-11-15(2)13-19(12-14)26-7-9-27(10-8-26)22(28)25-18(5)20-21(29-6)24-17(4)16(3)23-20/h11-13,18H,7-10H2,1-6H3,(H,25,28). The quantitative estimate of drug-likeness (QED) is 0.857. The molecule has 156 valence electrons. The van der Waals surface area contributed by atoms with Crippen molar-refractivity contribution in [2.45, 2.75) is 40.7 Å². The summed E-state index contributed by atoms with van der Waals surface area (Å²) < 4.78 is 5.37. The third-order valence-electron chi connectivity index (χ3n) is 5.38. The van der Waals surface area contributed by atoms with Gasteiger partial charge in [-0.25, -0.2) is 14.8 Å². The van der Waals surface area contributed by atoms with Gasteiger partial charge in [0.15, 0.2) is 0 Å². The fourth-order valence-electron chi connectivity index (χ4n) is 3.68. The number of anilines is 1. The van der Waals surface area contributed by atoms with Gasteiger partial charge in [-0.05, 0) is 57.9 Å². The molecule has 2 heterocycles. The summed E-state index contributed by atoms with van der Waals surface area (Å²) >= 11 is 0. The van der Waals surface area contributed by atoms with Crippen LogP contribution in [-0.4, -0.2) is 54.2 Å². The van der Waals surface area contributed by atoms with E-state index in [1.807, 2.05) is 25.7 Å². The molecule has 3 rings (SSSR count). The van der Waals surface area contributed by atoms with Crippen LogP contribution in [0.3, 0.4) is 0 Å². The van der Waals surface area contributed by atoms with Crippen molar-refractivity contribution in [1.82, 2.24) is 20.2 Å². The van der Waals surface area contributed by atoms with Gasteiger partial charge in [-0.3, -0.25) is 0 Å². The highest BCUT2D eigenvalue weighted by Crippen LogP contribution is 2.23. The number of hydrogen-bond acceptors (Lipinski definition) is 5. The number of amides is 2. The van der Waals surface area contributed by atoms with Gasteiger partial charge in [0, 0.05) is 31.9 Å². The molecule has 1 unspecified atom stereocenters. The Hall–Kier alpha value is -2.83. The summed E-state index contributed by atoms with van der Waals surface area (Å²) in [5.74, 6) is 0.459. The largest absolute Gasteiger partial charge is 0.480 e. The molecule has 0 radical (unpaired) electrons. The Bertz CT molecular complexity index is 871. The fraction of sp³-hybridized carbons (Fsp3) is 0.500. The van der Waals surface area contributed by atoms with Crippen LogP contribution in [0.4, 0.5) is 10.5 Å². The van der Waals surface area contributed by atoms with Crippen LogP contribution in [0.15, 0.2) is 18.2 Å². The SMILES string of the molecule is COc1nc(C)c(C)nc1C(C)NC(=O)N1CCN(c2cc(C)cc(C)c2)CC1. The van der Waals surface area contributed by atoms with Crippen molar-refractivity contribution in [2.24, 2.45) is 0 Å². The van der Waals surface area contributed by atoms with Crippen molar-refractivity contribution >= 4 is 11.7 Å². The van der Waals surface area contributed by atoms with E-state index < -0.39 is 0 Å². The molecule has 1 saturated heterocycles. The Morgan fingerprint density at radius 2 is 1.59 bits per heavy atom. The van der Waals surface area contributed by atoms with E-state index in [0.29, 0.717) is 24.7 Å². The van der Waals surface area contributed by atoms with E-state index in [1.54, 1.807) is 7.11 Å². The lowest BCUT2D eigenvalue weighted by molar-refractivity contribution is 0.190. The number of nitrogens with zero attached hydrogens (tertiary/aromatic N) is 4. The van der Waals surface area contributed by atoms with E-state index in [0.717, 1.165) is 24.5 Å². The predicted octanol–water partition coefficient (Wildman–Crippen LogP) is 3.31. The summed E-state index contributed by atoms with van der Waals surface area (Å²) in [4.78, 5) is 26.0. The number of aryl methyl sites for hydroxylation is 4. The van der Waals surface area contributed by atoms with Crippen LogP contribution in [0.25, 0.3) is 0 Å². The third-order valence-corrected chi connectivity index (χ3v) is 5.38. The number of piperazine rings is 1. The van der Waals surface area contributed by atoms with Crippen LogP contribution in [0, 0.1) is 27.7 Å². The first-order chi connectivity index (χ1) is 13.8. The van der Waals surface area contributed by atoms with E-state index in [2.05, 4.69) is 52.2 Å². The van der Waals surface area contributed by atoms with Gasteiger partial charge in [0.2, 0.25) is 5.88 Å². The topological polar surface area (TPSA) is 70.6 Å². The normalized spacial score (nSPS) is 15.2. The molecule has 2 aromatic rings. The first-order valence-corrected chi connectivity index (χ1v) is 10.1. The molecule has 1 N–H and O–H groups in total. The van der Waals surface area contributed by atoms with Gasteiger partial charge in [0.05, 0.1) is 24.5 Å². The van der Waals surface area contributed by atoms with Crippen molar-refractivity contribution in [3.05, 3.63) is 46.4 Å². The second-order valence-corrected chi connectivity index (χ2v) is 7.78. The molecule has 2 amide bonds. The number of nitrogens with one attached hydrogen (secondary N) is 1. The molecule has 1 aromatic heterocycles. The Balaban J connectivity index is 1.62. The molecule has 1 fully saturated rings. The Morgan fingerprint density at radius 1 is 1.00 bits per heavy atom. The summed E-state index contributed by atoms with van der Waals surface area (Å²) in [5, 5.41) is 3.05. The lowest BCUT2D eigenvalue weighted by Crippen LogP contribution is -2.52. The Kier molecular flexibility index (Phi) is 6.25. The second kappa shape index (κ2) is 8.68. The lowest BCUT2D eigenvalue weighted by Gasteiger charge is -2.36. The summed E-state index contributed by atoms with van der Waals surface area (Å²) in [7, 11) is 1.57. The van der Waals surface area contributed by atoms with Gasteiger partial charge >= 0.3 is 6.03 Å². The molecule has 0 bridgehead atoms. The molecule has 1 aliphatic rings. The number of aromatic nitrogens is 2. The van der Waals surface area contributed by atoms with Crippen LogP contribution < -0.4 is 15.0 Å². The molecule has 1 aliphatic heterocycles. The summed E-state index contributed by atoms with van der Waals surface area (Å²) in [6.07, 6.45) is 0. The summed E-state index contributed by atoms with van der Waals surface area (Å²) in [6.45, 7) is 12.9. The zero-order valence-corrected chi connectivity index (χ0v) is 18.2. The first kappa shape index (κ1) is 20.9. The number of hydrogen-bond donors (Lipinski definition) is 1. The molecule has 0 saturated carbocycles. The minimum Gasteiger partial charge on any atom is -0.480 e.